The molecule has 0 unspecified atom stereocenters. The highest BCUT2D eigenvalue weighted by atomic mass is 19.1. The number of likely N-dealkylation sites (tertiary alicyclic amines) is 1. The molecule has 1 aromatic heterocycles. The molecule has 0 atom stereocenters. The number of carbonyl (C=O) groups is 1. The van der Waals surface area contributed by atoms with E-state index in [0.717, 1.165) is 0 Å². The van der Waals surface area contributed by atoms with Crippen LogP contribution in [0.25, 0.3) is 0 Å². The summed E-state index contributed by atoms with van der Waals surface area (Å²) in [6, 6.07) is 2.89. The minimum absolute atomic E-state index is 0.0481. The van der Waals surface area contributed by atoms with E-state index in [4.69, 9.17) is 0 Å². The summed E-state index contributed by atoms with van der Waals surface area (Å²) in [6.45, 7) is 2.11. The van der Waals surface area contributed by atoms with Crippen molar-refractivity contribution in [1.29, 1.82) is 0 Å². The van der Waals surface area contributed by atoms with Crippen molar-refractivity contribution in [2.24, 2.45) is 0 Å². The first kappa shape index (κ1) is 10.0. The van der Waals surface area contributed by atoms with E-state index in [1.54, 1.807) is 6.92 Å². The summed E-state index contributed by atoms with van der Waals surface area (Å²) in [6.07, 6.45) is 1.29. The molecular weight excluding hydrogens is 199 g/mol. The molecule has 2 heterocycles. The minimum atomic E-state index is -0.839. The van der Waals surface area contributed by atoms with E-state index < -0.39 is 17.5 Å². The van der Waals surface area contributed by atoms with Gasteiger partial charge in [0.05, 0.1) is 24.3 Å². The Labute approximate surface area is 86.4 Å². The fourth-order valence-electron chi connectivity index (χ4n) is 1.64. The zero-order valence-corrected chi connectivity index (χ0v) is 8.27. The van der Waals surface area contributed by atoms with Crippen LogP contribution in [0.5, 0.6) is 0 Å². The molecule has 80 valence electrons. The van der Waals surface area contributed by atoms with Crippen LogP contribution in [0, 0.1) is 5.95 Å². The van der Waals surface area contributed by atoms with Gasteiger partial charge in [0.25, 0.3) is 5.91 Å². The lowest BCUT2D eigenvalue weighted by atomic mass is 9.96. The average molecular weight is 210 g/mol. The number of nitrogens with zero attached hydrogens (tertiary/aromatic N) is 2. The lowest BCUT2D eigenvalue weighted by Crippen LogP contribution is -2.61. The first-order chi connectivity index (χ1) is 6.99. The second kappa shape index (κ2) is 3.27. The van der Waals surface area contributed by atoms with Crippen LogP contribution in [0.1, 0.15) is 17.3 Å². The topological polar surface area (TPSA) is 53.4 Å². The van der Waals surface area contributed by atoms with E-state index in [0.29, 0.717) is 0 Å². The summed E-state index contributed by atoms with van der Waals surface area (Å²) in [5.74, 6) is -1.19. The molecule has 2 rings (SSSR count). The summed E-state index contributed by atoms with van der Waals surface area (Å²) in [5, 5.41) is 9.45. The second-order valence-electron chi connectivity index (χ2n) is 4.00. The van der Waals surface area contributed by atoms with Crippen LogP contribution in [0.3, 0.4) is 0 Å². The van der Waals surface area contributed by atoms with Crippen LogP contribution < -0.4 is 0 Å². The molecule has 1 aliphatic heterocycles. The summed E-state index contributed by atoms with van der Waals surface area (Å²) >= 11 is 0. The van der Waals surface area contributed by atoms with Gasteiger partial charge < -0.3 is 10.0 Å². The van der Waals surface area contributed by atoms with Crippen molar-refractivity contribution in [2.75, 3.05) is 13.1 Å². The van der Waals surface area contributed by atoms with Crippen molar-refractivity contribution in [3.8, 4) is 0 Å². The summed E-state index contributed by atoms with van der Waals surface area (Å²) < 4.78 is 13.1. The molecule has 4 nitrogen and oxygen atoms in total. The van der Waals surface area contributed by atoms with Crippen molar-refractivity contribution in [3.63, 3.8) is 0 Å². The van der Waals surface area contributed by atoms with E-state index in [2.05, 4.69) is 4.98 Å². The van der Waals surface area contributed by atoms with E-state index in [1.807, 2.05) is 0 Å². The number of rotatable bonds is 1. The van der Waals surface area contributed by atoms with Crippen LogP contribution in [0.2, 0.25) is 0 Å². The largest absolute Gasteiger partial charge is 0.386 e. The van der Waals surface area contributed by atoms with Crippen molar-refractivity contribution < 1.29 is 14.3 Å². The smallest absolute Gasteiger partial charge is 0.258 e. The van der Waals surface area contributed by atoms with Crippen molar-refractivity contribution >= 4 is 5.91 Å². The highest BCUT2D eigenvalue weighted by molar-refractivity contribution is 5.94. The number of hydrogen-bond donors (Lipinski definition) is 1. The molecule has 1 amide bonds. The van der Waals surface area contributed by atoms with Crippen molar-refractivity contribution in [3.05, 3.63) is 29.8 Å². The highest BCUT2D eigenvalue weighted by Crippen LogP contribution is 2.22. The van der Waals surface area contributed by atoms with Gasteiger partial charge in [0, 0.05) is 6.20 Å². The highest BCUT2D eigenvalue weighted by Gasteiger charge is 2.40. The predicted octanol–water partition coefficient (Wildman–Crippen LogP) is 0.428. The number of pyridine rings is 1. The number of aromatic nitrogens is 1. The van der Waals surface area contributed by atoms with Gasteiger partial charge in [-0.25, -0.2) is 4.98 Å². The molecule has 1 N–H and O–H groups in total. The molecule has 1 fully saturated rings. The first-order valence-electron chi connectivity index (χ1n) is 4.62. The van der Waals surface area contributed by atoms with Gasteiger partial charge >= 0.3 is 0 Å². The Morgan fingerprint density at radius 1 is 1.67 bits per heavy atom. The van der Waals surface area contributed by atoms with E-state index in [9.17, 15) is 14.3 Å². The monoisotopic (exact) mass is 210 g/mol. The van der Waals surface area contributed by atoms with E-state index >= 15 is 0 Å². The molecule has 1 aromatic rings. The minimum Gasteiger partial charge on any atom is -0.386 e. The van der Waals surface area contributed by atoms with Crippen LogP contribution in [0.4, 0.5) is 4.39 Å². The van der Waals surface area contributed by atoms with Gasteiger partial charge in [0.15, 0.2) is 0 Å². The molecule has 0 radical (unpaired) electrons. The fraction of sp³-hybridized carbons (Fsp3) is 0.400. The van der Waals surface area contributed by atoms with E-state index in [-0.39, 0.29) is 18.7 Å². The van der Waals surface area contributed by atoms with Crippen LogP contribution in [-0.2, 0) is 0 Å². The van der Waals surface area contributed by atoms with E-state index in [1.165, 1.54) is 23.2 Å². The summed E-state index contributed by atoms with van der Waals surface area (Å²) in [5.41, 5.74) is -0.887. The Bertz CT molecular complexity index is 398. The lowest BCUT2D eigenvalue weighted by Gasteiger charge is -2.44. The SMILES string of the molecule is CC1(O)CN(C(=O)c2cccnc2F)C1. The second-order valence-corrected chi connectivity index (χ2v) is 4.00. The zero-order valence-electron chi connectivity index (χ0n) is 8.27. The maximum Gasteiger partial charge on any atom is 0.258 e. The number of β-amino-alcohol motifs (C(OH)–C–C–N with tert-alkyl or cyclic N) is 1. The maximum atomic E-state index is 13.1. The normalized spacial score (nSPS) is 18.5. The third kappa shape index (κ3) is 1.83. The number of carbonyl (C=O) groups excluding carboxylic acids is 1. The van der Waals surface area contributed by atoms with Crippen LogP contribution in [-0.4, -0.2) is 39.6 Å². The predicted molar refractivity (Wildman–Crippen MR) is 50.7 cm³/mol. The molecule has 0 aliphatic carbocycles. The fourth-order valence-corrected chi connectivity index (χ4v) is 1.64. The number of hydrogen-bond acceptors (Lipinski definition) is 3. The lowest BCUT2D eigenvalue weighted by molar-refractivity contribution is -0.0670. The Balaban J connectivity index is 2.14. The van der Waals surface area contributed by atoms with Gasteiger partial charge in [0.2, 0.25) is 5.95 Å². The molecular formula is C10H11FN2O2. The molecule has 15 heavy (non-hydrogen) atoms. The van der Waals surface area contributed by atoms with Crippen LogP contribution in [0.15, 0.2) is 18.3 Å². The summed E-state index contributed by atoms with van der Waals surface area (Å²) in [4.78, 5) is 16.5. The summed E-state index contributed by atoms with van der Waals surface area (Å²) in [7, 11) is 0. The van der Waals surface area contributed by atoms with Gasteiger partial charge in [-0.05, 0) is 19.1 Å². The quantitative estimate of drug-likeness (QED) is 0.684. The molecule has 0 saturated carbocycles. The first-order valence-corrected chi connectivity index (χ1v) is 4.62. The molecule has 0 aromatic carbocycles. The standard InChI is InChI=1S/C10H11FN2O2/c1-10(15)5-13(6-10)9(14)7-3-2-4-12-8(7)11/h2-4,15H,5-6H2,1H3. The van der Waals surface area contributed by atoms with Gasteiger partial charge in [-0.15, -0.1) is 0 Å². The van der Waals surface area contributed by atoms with Crippen LogP contribution >= 0.6 is 0 Å². The Morgan fingerprint density at radius 3 is 2.87 bits per heavy atom. The average Bonchev–Trinajstić information content (AvgIpc) is 2.14. The van der Waals surface area contributed by atoms with Gasteiger partial charge in [-0.2, -0.15) is 4.39 Å². The van der Waals surface area contributed by atoms with Gasteiger partial charge in [0.1, 0.15) is 0 Å². The Kier molecular flexibility index (Phi) is 2.19. The number of aliphatic hydroxyl groups is 1. The molecule has 0 spiro atoms. The molecule has 1 saturated heterocycles. The van der Waals surface area contributed by atoms with Crippen molar-refractivity contribution in [2.45, 2.75) is 12.5 Å². The van der Waals surface area contributed by atoms with Gasteiger partial charge in [-0.3, -0.25) is 4.79 Å². The molecule has 1 aliphatic rings. The molecule has 5 heteroatoms. The number of halogens is 1. The van der Waals surface area contributed by atoms with Gasteiger partial charge in [-0.1, -0.05) is 0 Å². The Morgan fingerprint density at radius 2 is 2.33 bits per heavy atom. The van der Waals surface area contributed by atoms with Crippen molar-refractivity contribution in [1.82, 2.24) is 9.88 Å². The Hall–Kier alpha value is -1.49. The third-order valence-electron chi connectivity index (χ3n) is 2.34. The maximum absolute atomic E-state index is 13.1. The number of amides is 1. The zero-order chi connectivity index (χ0) is 11.1. The molecule has 0 bridgehead atoms. The third-order valence-corrected chi connectivity index (χ3v) is 2.34.